The summed E-state index contributed by atoms with van der Waals surface area (Å²) in [5.41, 5.74) is 2.26. The topological polar surface area (TPSA) is 41.1 Å². The van der Waals surface area contributed by atoms with Crippen molar-refractivity contribution in [2.24, 2.45) is 0 Å². The van der Waals surface area contributed by atoms with Gasteiger partial charge in [-0.15, -0.1) is 0 Å². The fraction of sp³-hybridized carbons (Fsp3) is 0.412. The number of rotatable bonds is 7. The van der Waals surface area contributed by atoms with Crippen molar-refractivity contribution in [1.29, 1.82) is 0 Å². The molecule has 0 unspecified atom stereocenters. The quantitative estimate of drug-likeness (QED) is 0.848. The van der Waals surface area contributed by atoms with Crippen LogP contribution in [-0.2, 0) is 13.1 Å². The summed E-state index contributed by atoms with van der Waals surface area (Å²) in [5.74, 6) is 0.926. The molecule has 0 aliphatic heterocycles. The van der Waals surface area contributed by atoms with Crippen molar-refractivity contribution < 1.29 is 0 Å². The second-order valence-corrected chi connectivity index (χ2v) is 5.40. The summed E-state index contributed by atoms with van der Waals surface area (Å²) >= 11 is 0. The Bertz CT molecular complexity index is 522. The van der Waals surface area contributed by atoms with E-state index in [4.69, 9.17) is 0 Å². The third-order valence-corrected chi connectivity index (χ3v) is 3.31. The van der Waals surface area contributed by atoms with Crippen molar-refractivity contribution in [3.8, 4) is 0 Å². The van der Waals surface area contributed by atoms with Crippen LogP contribution in [0.5, 0.6) is 0 Å². The van der Waals surface area contributed by atoms with Gasteiger partial charge >= 0.3 is 0 Å². The first-order valence-corrected chi connectivity index (χ1v) is 7.52. The van der Waals surface area contributed by atoms with Crippen molar-refractivity contribution in [3.63, 3.8) is 0 Å². The lowest BCUT2D eigenvalue weighted by atomic mass is 10.2. The minimum absolute atomic E-state index is 0.455. The van der Waals surface area contributed by atoms with E-state index in [-0.39, 0.29) is 0 Å². The van der Waals surface area contributed by atoms with Crippen LogP contribution in [-0.4, -0.2) is 22.6 Å². The van der Waals surface area contributed by atoms with E-state index in [0.717, 1.165) is 31.1 Å². The molecule has 21 heavy (non-hydrogen) atoms. The summed E-state index contributed by atoms with van der Waals surface area (Å²) in [5, 5.41) is 3.35. The molecule has 0 aliphatic rings. The highest BCUT2D eigenvalue weighted by Crippen LogP contribution is 2.13. The Balaban J connectivity index is 2.01. The number of aromatic nitrogens is 2. The number of nitrogens with zero attached hydrogens (tertiary/aromatic N) is 3. The van der Waals surface area contributed by atoms with Gasteiger partial charge in [0.05, 0.1) is 18.1 Å². The highest BCUT2D eigenvalue weighted by atomic mass is 15.2. The molecule has 0 atom stereocenters. The van der Waals surface area contributed by atoms with Gasteiger partial charge in [0.15, 0.2) is 0 Å². The van der Waals surface area contributed by atoms with Crippen molar-refractivity contribution in [2.75, 3.05) is 11.4 Å². The first-order chi connectivity index (χ1) is 10.2. The van der Waals surface area contributed by atoms with Gasteiger partial charge in [0.1, 0.15) is 5.82 Å². The van der Waals surface area contributed by atoms with E-state index in [1.165, 1.54) is 5.56 Å². The fourth-order valence-corrected chi connectivity index (χ4v) is 2.07. The molecule has 1 heterocycles. The van der Waals surface area contributed by atoms with Crippen LogP contribution in [0.2, 0.25) is 0 Å². The first kappa shape index (κ1) is 15.4. The highest BCUT2D eigenvalue weighted by molar-refractivity contribution is 5.37. The molecule has 2 aromatic rings. The molecule has 1 aromatic carbocycles. The maximum atomic E-state index is 4.55. The largest absolute Gasteiger partial charge is 0.351 e. The van der Waals surface area contributed by atoms with Crippen molar-refractivity contribution in [3.05, 3.63) is 54.0 Å². The molecule has 0 radical (unpaired) electrons. The Hall–Kier alpha value is -1.94. The smallest absolute Gasteiger partial charge is 0.147 e. The van der Waals surface area contributed by atoms with Crippen molar-refractivity contribution in [1.82, 2.24) is 15.3 Å². The minimum Gasteiger partial charge on any atom is -0.351 e. The van der Waals surface area contributed by atoms with E-state index in [1.807, 2.05) is 18.5 Å². The summed E-state index contributed by atoms with van der Waals surface area (Å²) < 4.78 is 0. The van der Waals surface area contributed by atoms with Crippen LogP contribution in [0.1, 0.15) is 32.0 Å². The standard InChI is InChI=1S/C17H24N4/c1-4-21(13-15-8-6-5-7-9-15)17-12-19-16(11-20-17)10-18-14(2)3/h5-9,11-12,14,18H,4,10,13H2,1-3H3. The third-order valence-electron chi connectivity index (χ3n) is 3.31. The van der Waals surface area contributed by atoms with Crippen LogP contribution in [0.25, 0.3) is 0 Å². The lowest BCUT2D eigenvalue weighted by Crippen LogP contribution is -2.24. The molecule has 1 aromatic heterocycles. The molecule has 0 saturated heterocycles. The van der Waals surface area contributed by atoms with Crippen molar-refractivity contribution in [2.45, 2.75) is 39.9 Å². The van der Waals surface area contributed by atoms with Crippen LogP contribution >= 0.6 is 0 Å². The summed E-state index contributed by atoms with van der Waals surface area (Å²) in [6.07, 6.45) is 3.72. The number of benzene rings is 1. The van der Waals surface area contributed by atoms with Gasteiger partial charge in [-0.1, -0.05) is 44.2 Å². The lowest BCUT2D eigenvalue weighted by molar-refractivity contribution is 0.580. The molecule has 0 amide bonds. The molecule has 0 spiro atoms. The SMILES string of the molecule is CCN(Cc1ccccc1)c1cnc(CNC(C)C)cn1. The number of anilines is 1. The predicted molar refractivity (Wildman–Crippen MR) is 87.2 cm³/mol. The third kappa shape index (κ3) is 4.83. The molecule has 1 N–H and O–H groups in total. The average Bonchev–Trinajstić information content (AvgIpc) is 2.52. The Morgan fingerprint density at radius 2 is 1.86 bits per heavy atom. The fourth-order valence-electron chi connectivity index (χ4n) is 2.07. The zero-order valence-corrected chi connectivity index (χ0v) is 13.1. The minimum atomic E-state index is 0.455. The zero-order chi connectivity index (χ0) is 15.1. The van der Waals surface area contributed by atoms with Crippen molar-refractivity contribution >= 4 is 5.82 Å². The van der Waals surface area contributed by atoms with E-state index < -0.39 is 0 Å². The van der Waals surface area contributed by atoms with Gasteiger partial charge in [-0.25, -0.2) is 4.98 Å². The Kier molecular flexibility index (Phi) is 5.69. The molecule has 0 bridgehead atoms. The molecule has 0 fully saturated rings. The van der Waals surface area contributed by atoms with Crippen LogP contribution in [0, 0.1) is 0 Å². The summed E-state index contributed by atoms with van der Waals surface area (Å²) in [6, 6.07) is 10.9. The molecule has 2 rings (SSSR count). The summed E-state index contributed by atoms with van der Waals surface area (Å²) in [4.78, 5) is 11.3. The van der Waals surface area contributed by atoms with E-state index in [1.54, 1.807) is 0 Å². The molecule has 0 aliphatic carbocycles. The van der Waals surface area contributed by atoms with Gasteiger partial charge < -0.3 is 10.2 Å². The molecular formula is C17H24N4. The maximum Gasteiger partial charge on any atom is 0.147 e. The molecular weight excluding hydrogens is 260 g/mol. The van der Waals surface area contributed by atoms with E-state index in [0.29, 0.717) is 6.04 Å². The van der Waals surface area contributed by atoms with Crippen LogP contribution in [0.3, 0.4) is 0 Å². The van der Waals surface area contributed by atoms with E-state index in [2.05, 4.69) is 65.2 Å². The van der Waals surface area contributed by atoms with E-state index >= 15 is 0 Å². The van der Waals surface area contributed by atoms with E-state index in [9.17, 15) is 0 Å². The van der Waals surface area contributed by atoms with Crippen LogP contribution in [0.4, 0.5) is 5.82 Å². The second kappa shape index (κ2) is 7.74. The van der Waals surface area contributed by atoms with Gasteiger partial charge in [0, 0.05) is 25.7 Å². The van der Waals surface area contributed by atoms with Gasteiger partial charge in [0.2, 0.25) is 0 Å². The summed E-state index contributed by atoms with van der Waals surface area (Å²) in [6.45, 7) is 8.92. The van der Waals surface area contributed by atoms with Crippen LogP contribution < -0.4 is 10.2 Å². The van der Waals surface area contributed by atoms with Gasteiger partial charge in [-0.05, 0) is 12.5 Å². The highest BCUT2D eigenvalue weighted by Gasteiger charge is 2.07. The Morgan fingerprint density at radius 1 is 1.10 bits per heavy atom. The van der Waals surface area contributed by atoms with Gasteiger partial charge in [-0.3, -0.25) is 4.98 Å². The number of hydrogen-bond donors (Lipinski definition) is 1. The average molecular weight is 284 g/mol. The lowest BCUT2D eigenvalue weighted by Gasteiger charge is -2.21. The Labute approximate surface area is 127 Å². The van der Waals surface area contributed by atoms with Gasteiger partial charge in [0.25, 0.3) is 0 Å². The summed E-state index contributed by atoms with van der Waals surface area (Å²) in [7, 11) is 0. The molecule has 4 nitrogen and oxygen atoms in total. The maximum absolute atomic E-state index is 4.55. The van der Waals surface area contributed by atoms with Crippen LogP contribution in [0.15, 0.2) is 42.7 Å². The molecule has 112 valence electrons. The molecule has 0 saturated carbocycles. The predicted octanol–water partition coefficient (Wildman–Crippen LogP) is 3.00. The Morgan fingerprint density at radius 3 is 2.43 bits per heavy atom. The number of hydrogen-bond acceptors (Lipinski definition) is 4. The first-order valence-electron chi connectivity index (χ1n) is 7.52. The second-order valence-electron chi connectivity index (χ2n) is 5.40. The van der Waals surface area contributed by atoms with Gasteiger partial charge in [-0.2, -0.15) is 0 Å². The zero-order valence-electron chi connectivity index (χ0n) is 13.1. The normalized spacial score (nSPS) is 10.9. The number of nitrogens with one attached hydrogen (secondary N) is 1. The molecule has 4 heteroatoms. The monoisotopic (exact) mass is 284 g/mol.